The fraction of sp³-hybridized carbons (Fsp3) is 0.0882. The summed E-state index contributed by atoms with van der Waals surface area (Å²) in [6.07, 6.45) is -10.5. The van der Waals surface area contributed by atoms with Crippen molar-refractivity contribution in [2.75, 3.05) is 0 Å². The van der Waals surface area contributed by atoms with E-state index in [9.17, 15) is 68.2 Å². The second-order valence-electron chi connectivity index (χ2n) is 12.4. The minimum Gasteiger partial charge on any atom is -0.450 e. The van der Waals surface area contributed by atoms with Crippen molar-refractivity contribution in [3.05, 3.63) is 150 Å². The van der Waals surface area contributed by atoms with Crippen molar-refractivity contribution in [3.8, 4) is 23.0 Å². The number of ether oxygens (including phenoxy) is 2. The van der Waals surface area contributed by atoms with Gasteiger partial charge in [-0.15, -0.1) is 0 Å². The number of nitro groups is 2. The van der Waals surface area contributed by atoms with E-state index in [4.69, 9.17) is 9.47 Å². The lowest BCUT2D eigenvalue weighted by Gasteiger charge is -2.37. The lowest BCUT2D eigenvalue weighted by molar-refractivity contribution is -0.388. The first-order chi connectivity index (χ1) is 28.2. The highest BCUT2D eigenvalue weighted by molar-refractivity contribution is 7.87. The number of carbonyl (C=O) groups excluding carboxylic acids is 1. The quantitative estimate of drug-likeness (QED) is 0.0473. The Morgan fingerprint density at radius 1 is 0.639 bits per heavy atom. The van der Waals surface area contributed by atoms with E-state index in [-0.39, 0.29) is 48.5 Å². The second-order valence-corrected chi connectivity index (χ2v) is 15.4. The maximum absolute atomic E-state index is 16.6. The SMILES string of the molecule is O=C1OC2(c3ccccc31)c1cc(F)c(OS(=O)(=O)c3ccc(C(F)(F)F)cc3[N+](=O)[O-])c(F)c1Oc1c2cc(F)c(S(=O)(=O)Oc2ccc(C(F)(F)F)cc2[N+](=O)[O-])c1F. The molecule has 0 aromatic heterocycles. The highest BCUT2D eigenvalue weighted by atomic mass is 32.2. The lowest BCUT2D eigenvalue weighted by atomic mass is 9.77. The number of nitrogens with zero attached hydrogens (tertiary/aromatic N) is 2. The van der Waals surface area contributed by atoms with Crippen LogP contribution in [0.1, 0.15) is 38.2 Å². The van der Waals surface area contributed by atoms with Gasteiger partial charge in [-0.1, -0.05) is 18.2 Å². The summed E-state index contributed by atoms with van der Waals surface area (Å²) >= 11 is 0. The summed E-state index contributed by atoms with van der Waals surface area (Å²) in [5.41, 5.74) is -12.8. The highest BCUT2D eigenvalue weighted by Crippen LogP contribution is 2.59. The standard InChI is InChI=1S/C34H12F10N2O13S2/c35-19-11-17-27(25(37)29(19)59-60(52,53)24-8-6-14(34(42,43)44)10-22(24)46(50)51)56-28-18(32(17)16-4-2-1-3-15(16)31(47)57-32)12-20(36)30(26(28)38)61(54,55)58-23-7-5-13(33(39,40)41)9-21(23)45(48)49/h1-12H. The van der Waals surface area contributed by atoms with Gasteiger partial charge in [0.25, 0.3) is 5.69 Å². The van der Waals surface area contributed by atoms with Gasteiger partial charge in [-0.25, -0.2) is 18.0 Å². The van der Waals surface area contributed by atoms with E-state index in [0.717, 1.165) is 12.1 Å². The number of nitro benzene ring substituents is 2. The van der Waals surface area contributed by atoms with Gasteiger partial charge in [0.2, 0.25) is 17.3 Å². The van der Waals surface area contributed by atoms with Crippen molar-refractivity contribution < 1.29 is 93.2 Å². The van der Waals surface area contributed by atoms with Crippen LogP contribution in [0.3, 0.4) is 0 Å². The van der Waals surface area contributed by atoms with Crippen LogP contribution in [0.25, 0.3) is 0 Å². The van der Waals surface area contributed by atoms with Gasteiger partial charge in [-0.05, 0) is 42.5 Å². The Morgan fingerprint density at radius 2 is 1.18 bits per heavy atom. The third-order valence-corrected chi connectivity index (χ3v) is 11.4. The maximum atomic E-state index is 16.6. The van der Waals surface area contributed by atoms with E-state index >= 15 is 17.6 Å². The van der Waals surface area contributed by atoms with Crippen molar-refractivity contribution in [1.29, 1.82) is 0 Å². The van der Waals surface area contributed by atoms with E-state index in [2.05, 4.69) is 8.37 Å². The first kappa shape index (κ1) is 42.1. The summed E-state index contributed by atoms with van der Waals surface area (Å²) in [6.45, 7) is 0. The van der Waals surface area contributed by atoms with Crippen molar-refractivity contribution in [3.63, 3.8) is 0 Å². The summed E-state index contributed by atoms with van der Waals surface area (Å²) in [5.74, 6) is -17.1. The Bertz CT molecular complexity index is 3030. The molecule has 1 spiro atoms. The third-order valence-electron chi connectivity index (χ3n) is 8.88. The summed E-state index contributed by atoms with van der Waals surface area (Å²) < 4.78 is 218. The van der Waals surface area contributed by atoms with Crippen LogP contribution in [0.15, 0.2) is 82.6 Å². The van der Waals surface area contributed by atoms with Crippen LogP contribution in [-0.2, 0) is 42.9 Å². The largest absolute Gasteiger partial charge is 0.450 e. The molecule has 318 valence electrons. The molecule has 0 saturated carbocycles. The molecule has 1 atom stereocenters. The number of esters is 1. The topological polar surface area (TPSA) is 209 Å². The zero-order chi connectivity index (χ0) is 44.9. The smallest absolute Gasteiger partial charge is 0.416 e. The molecule has 0 N–H and O–H groups in total. The first-order valence-corrected chi connectivity index (χ1v) is 18.7. The summed E-state index contributed by atoms with van der Waals surface area (Å²) in [4.78, 5) is 29.3. The Labute approximate surface area is 330 Å². The molecule has 27 heteroatoms. The molecule has 0 aliphatic carbocycles. The van der Waals surface area contributed by atoms with Gasteiger partial charge in [-0.3, -0.25) is 20.2 Å². The molecule has 0 radical (unpaired) electrons. The van der Waals surface area contributed by atoms with Crippen LogP contribution in [0.2, 0.25) is 0 Å². The summed E-state index contributed by atoms with van der Waals surface area (Å²) in [6, 6.07) is 4.66. The van der Waals surface area contributed by atoms with E-state index in [1.807, 2.05) is 0 Å². The molecule has 0 fully saturated rings. The number of hydrogen-bond acceptors (Lipinski definition) is 13. The lowest BCUT2D eigenvalue weighted by Crippen LogP contribution is -2.35. The van der Waals surface area contributed by atoms with Crippen molar-refractivity contribution >= 4 is 37.6 Å². The molecule has 61 heavy (non-hydrogen) atoms. The number of carbonyl (C=O) groups is 1. The number of rotatable bonds is 8. The molecule has 0 bridgehead atoms. The Kier molecular flexibility index (Phi) is 9.50. The van der Waals surface area contributed by atoms with Crippen LogP contribution in [0.5, 0.6) is 23.0 Å². The van der Waals surface area contributed by atoms with Crippen LogP contribution in [0.4, 0.5) is 55.3 Å². The fourth-order valence-corrected chi connectivity index (χ4v) is 8.49. The van der Waals surface area contributed by atoms with Gasteiger partial charge in [0, 0.05) is 17.7 Å². The van der Waals surface area contributed by atoms with Crippen molar-refractivity contribution in [1.82, 2.24) is 0 Å². The minimum absolute atomic E-state index is 0.0222. The van der Waals surface area contributed by atoms with Gasteiger partial charge >= 0.3 is 44.2 Å². The molecular weight excluding hydrogens is 898 g/mol. The minimum atomic E-state index is -6.11. The Hall–Kier alpha value is -7.03. The van der Waals surface area contributed by atoms with Crippen molar-refractivity contribution in [2.24, 2.45) is 0 Å². The normalized spacial score (nSPS) is 15.9. The fourth-order valence-electron chi connectivity index (χ4n) is 6.33. The zero-order valence-corrected chi connectivity index (χ0v) is 30.4. The number of alkyl halides is 6. The first-order valence-electron chi connectivity index (χ1n) is 15.9. The van der Waals surface area contributed by atoms with E-state index in [0.29, 0.717) is 0 Å². The molecule has 5 aromatic carbocycles. The number of benzene rings is 5. The Morgan fingerprint density at radius 3 is 1.77 bits per heavy atom. The van der Waals surface area contributed by atoms with Crippen LogP contribution in [-0.4, -0.2) is 32.7 Å². The summed E-state index contributed by atoms with van der Waals surface area (Å²) in [5, 5.41) is 23.1. The number of halogens is 10. The average Bonchev–Trinajstić information content (AvgIpc) is 3.45. The number of hydrogen-bond donors (Lipinski definition) is 0. The average molecular weight is 911 g/mol. The molecule has 2 heterocycles. The van der Waals surface area contributed by atoms with Gasteiger partial charge < -0.3 is 17.8 Å². The zero-order valence-electron chi connectivity index (χ0n) is 28.7. The second kappa shape index (κ2) is 13.8. The van der Waals surface area contributed by atoms with Gasteiger partial charge in [0.05, 0.1) is 37.7 Å². The molecular formula is C34H12F10N2O13S2. The number of fused-ring (bicyclic) bond motifs is 6. The third kappa shape index (κ3) is 6.73. The van der Waals surface area contributed by atoms with Crippen LogP contribution >= 0.6 is 0 Å². The molecule has 15 nitrogen and oxygen atoms in total. The monoisotopic (exact) mass is 910 g/mol. The predicted molar refractivity (Wildman–Crippen MR) is 176 cm³/mol. The van der Waals surface area contributed by atoms with Gasteiger partial charge in [0.1, 0.15) is 5.82 Å². The molecule has 2 aliphatic heterocycles. The highest BCUT2D eigenvalue weighted by Gasteiger charge is 2.57. The van der Waals surface area contributed by atoms with Gasteiger partial charge in [0.15, 0.2) is 38.5 Å². The van der Waals surface area contributed by atoms with Crippen LogP contribution in [0, 0.1) is 43.5 Å². The van der Waals surface area contributed by atoms with Gasteiger partial charge in [-0.2, -0.15) is 47.6 Å². The summed E-state index contributed by atoms with van der Waals surface area (Å²) in [7, 11) is -12.0. The molecule has 2 aliphatic rings. The van der Waals surface area contributed by atoms with E-state index < -0.39 is 155 Å². The van der Waals surface area contributed by atoms with E-state index in [1.54, 1.807) is 0 Å². The van der Waals surface area contributed by atoms with Crippen LogP contribution < -0.4 is 13.1 Å². The predicted octanol–water partition coefficient (Wildman–Crippen LogP) is 8.20. The molecule has 0 saturated heterocycles. The Balaban J connectivity index is 1.42. The molecule has 1 unspecified atom stereocenters. The molecule has 7 rings (SSSR count). The van der Waals surface area contributed by atoms with Crippen molar-refractivity contribution in [2.45, 2.75) is 27.7 Å². The molecule has 0 amide bonds. The maximum Gasteiger partial charge on any atom is 0.416 e. The van der Waals surface area contributed by atoms with E-state index in [1.165, 1.54) is 12.1 Å². The molecule has 5 aromatic rings.